The van der Waals surface area contributed by atoms with Gasteiger partial charge in [0, 0.05) is 24.7 Å². The first-order valence-corrected chi connectivity index (χ1v) is 7.97. The van der Waals surface area contributed by atoms with Crippen LogP contribution in [-0.2, 0) is 16.6 Å². The smallest absolute Gasteiger partial charge is 0.209 e. The van der Waals surface area contributed by atoms with Crippen molar-refractivity contribution in [2.45, 2.75) is 18.7 Å². The molecule has 8 heteroatoms. The summed E-state index contributed by atoms with van der Waals surface area (Å²) in [6.45, 7) is 1.62. The topological polar surface area (TPSA) is 82.5 Å². The van der Waals surface area contributed by atoms with Gasteiger partial charge in [0.15, 0.2) is 0 Å². The van der Waals surface area contributed by atoms with Crippen LogP contribution in [0.2, 0.25) is 0 Å². The van der Waals surface area contributed by atoms with Gasteiger partial charge < -0.3 is 5.11 Å². The number of β-amino-alcohol motifs (C(OH)–C–C–N with tert-alkyl or cyclic N) is 1. The second-order valence-electron chi connectivity index (χ2n) is 4.18. The molecule has 1 saturated heterocycles. The van der Waals surface area contributed by atoms with E-state index >= 15 is 0 Å². The standard InChI is InChI=1S/C9H15N3O3S2/c1-17(14,15)11-7-4-12(5-8(7)13)6-9-10-2-3-16-9/h2-3,7-8,11,13H,4-6H2,1H3/t7-,8-/m1/s1. The third-order valence-corrected chi connectivity index (χ3v) is 4.07. The third-order valence-electron chi connectivity index (χ3n) is 2.57. The average Bonchev–Trinajstić information content (AvgIpc) is 2.76. The Bertz CT molecular complexity index is 460. The minimum atomic E-state index is -3.28. The van der Waals surface area contributed by atoms with E-state index in [0.717, 1.165) is 11.3 Å². The number of rotatable bonds is 4. The highest BCUT2D eigenvalue weighted by molar-refractivity contribution is 7.88. The summed E-state index contributed by atoms with van der Waals surface area (Å²) in [5.41, 5.74) is 0. The van der Waals surface area contributed by atoms with E-state index in [0.29, 0.717) is 19.6 Å². The van der Waals surface area contributed by atoms with Gasteiger partial charge in [0.25, 0.3) is 0 Å². The number of hydrogen-bond acceptors (Lipinski definition) is 6. The van der Waals surface area contributed by atoms with Crippen LogP contribution >= 0.6 is 11.3 Å². The molecule has 0 aromatic carbocycles. The number of aliphatic hydroxyl groups excluding tert-OH is 1. The molecule has 0 unspecified atom stereocenters. The zero-order valence-electron chi connectivity index (χ0n) is 9.41. The summed E-state index contributed by atoms with van der Waals surface area (Å²) < 4.78 is 24.7. The number of sulfonamides is 1. The predicted molar refractivity (Wildman–Crippen MR) is 65.2 cm³/mol. The maximum Gasteiger partial charge on any atom is 0.209 e. The van der Waals surface area contributed by atoms with Gasteiger partial charge in [-0.1, -0.05) is 0 Å². The number of aromatic nitrogens is 1. The number of aliphatic hydroxyl groups is 1. The van der Waals surface area contributed by atoms with Crippen molar-refractivity contribution in [2.24, 2.45) is 0 Å². The lowest BCUT2D eigenvalue weighted by Gasteiger charge is -2.14. The van der Waals surface area contributed by atoms with Gasteiger partial charge in [0.05, 0.1) is 24.9 Å². The predicted octanol–water partition coefficient (Wildman–Crippen LogP) is -0.763. The van der Waals surface area contributed by atoms with Crippen molar-refractivity contribution in [3.05, 3.63) is 16.6 Å². The lowest BCUT2D eigenvalue weighted by Crippen LogP contribution is -2.42. The molecule has 1 fully saturated rings. The molecule has 2 N–H and O–H groups in total. The summed E-state index contributed by atoms with van der Waals surface area (Å²) in [4.78, 5) is 6.15. The Kier molecular flexibility index (Phi) is 3.79. The number of hydrogen-bond donors (Lipinski definition) is 2. The van der Waals surface area contributed by atoms with Crippen LogP contribution in [0.3, 0.4) is 0 Å². The van der Waals surface area contributed by atoms with Crippen molar-refractivity contribution in [1.29, 1.82) is 0 Å². The van der Waals surface area contributed by atoms with Crippen LogP contribution in [0.4, 0.5) is 0 Å². The van der Waals surface area contributed by atoms with Crippen LogP contribution in [0.5, 0.6) is 0 Å². The monoisotopic (exact) mass is 277 g/mol. The number of thiazole rings is 1. The summed E-state index contributed by atoms with van der Waals surface area (Å²) in [6, 6.07) is -0.426. The molecule has 0 spiro atoms. The quantitative estimate of drug-likeness (QED) is 0.756. The fourth-order valence-corrected chi connectivity index (χ4v) is 3.35. The highest BCUT2D eigenvalue weighted by atomic mass is 32.2. The largest absolute Gasteiger partial charge is 0.390 e. The van der Waals surface area contributed by atoms with Crippen molar-refractivity contribution < 1.29 is 13.5 Å². The molecule has 0 saturated carbocycles. The van der Waals surface area contributed by atoms with E-state index < -0.39 is 22.2 Å². The van der Waals surface area contributed by atoms with Gasteiger partial charge in [-0.3, -0.25) is 4.90 Å². The van der Waals surface area contributed by atoms with E-state index in [1.807, 2.05) is 10.3 Å². The van der Waals surface area contributed by atoms with Crippen molar-refractivity contribution >= 4 is 21.4 Å². The Balaban J connectivity index is 1.93. The van der Waals surface area contributed by atoms with E-state index in [-0.39, 0.29) is 0 Å². The summed E-state index contributed by atoms with van der Waals surface area (Å²) in [6.07, 6.45) is 2.17. The molecule has 1 aromatic heterocycles. The zero-order chi connectivity index (χ0) is 12.5. The Morgan fingerprint density at radius 1 is 1.65 bits per heavy atom. The van der Waals surface area contributed by atoms with Crippen molar-refractivity contribution in [2.75, 3.05) is 19.3 Å². The fourth-order valence-electron chi connectivity index (χ4n) is 1.91. The van der Waals surface area contributed by atoms with Crippen LogP contribution in [0.25, 0.3) is 0 Å². The maximum atomic E-state index is 11.1. The molecular formula is C9H15N3O3S2. The number of likely N-dealkylation sites (tertiary alicyclic amines) is 1. The zero-order valence-corrected chi connectivity index (χ0v) is 11.0. The van der Waals surface area contributed by atoms with Crippen molar-refractivity contribution in [1.82, 2.24) is 14.6 Å². The van der Waals surface area contributed by atoms with Crippen LogP contribution in [0.15, 0.2) is 11.6 Å². The molecule has 2 atom stereocenters. The Morgan fingerprint density at radius 2 is 2.41 bits per heavy atom. The summed E-state index contributed by atoms with van der Waals surface area (Å²) in [5.74, 6) is 0. The van der Waals surface area contributed by atoms with Gasteiger partial charge in [-0.2, -0.15) is 0 Å². The van der Waals surface area contributed by atoms with Crippen LogP contribution in [-0.4, -0.2) is 54.9 Å². The molecule has 2 heterocycles. The van der Waals surface area contributed by atoms with E-state index in [2.05, 4.69) is 9.71 Å². The van der Waals surface area contributed by atoms with Gasteiger partial charge in [0.1, 0.15) is 5.01 Å². The van der Waals surface area contributed by atoms with Crippen molar-refractivity contribution in [3.8, 4) is 0 Å². The second-order valence-corrected chi connectivity index (χ2v) is 6.94. The third kappa shape index (κ3) is 3.71. The summed E-state index contributed by atoms with van der Waals surface area (Å²) in [7, 11) is -3.28. The first-order valence-electron chi connectivity index (χ1n) is 5.20. The van der Waals surface area contributed by atoms with Gasteiger partial charge in [0.2, 0.25) is 10.0 Å². The summed E-state index contributed by atoms with van der Waals surface area (Å²) >= 11 is 1.55. The maximum absolute atomic E-state index is 11.1. The highest BCUT2D eigenvalue weighted by Crippen LogP contribution is 2.15. The molecule has 0 radical (unpaired) electrons. The lowest BCUT2D eigenvalue weighted by molar-refractivity contribution is 0.160. The molecule has 2 rings (SSSR count). The van der Waals surface area contributed by atoms with Crippen LogP contribution in [0, 0.1) is 0 Å². The second kappa shape index (κ2) is 4.99. The Morgan fingerprint density at radius 3 is 3.00 bits per heavy atom. The molecular weight excluding hydrogens is 262 g/mol. The molecule has 1 aromatic rings. The molecule has 0 bridgehead atoms. The molecule has 17 heavy (non-hydrogen) atoms. The highest BCUT2D eigenvalue weighted by Gasteiger charge is 2.33. The normalized spacial score (nSPS) is 26.5. The SMILES string of the molecule is CS(=O)(=O)N[C@@H]1CN(Cc2nccs2)C[C@H]1O. The molecule has 0 amide bonds. The van der Waals surface area contributed by atoms with Gasteiger partial charge in [-0.05, 0) is 0 Å². The number of nitrogens with one attached hydrogen (secondary N) is 1. The fraction of sp³-hybridized carbons (Fsp3) is 0.667. The Hall–Kier alpha value is -0.540. The lowest BCUT2D eigenvalue weighted by atomic mass is 10.2. The molecule has 6 nitrogen and oxygen atoms in total. The van der Waals surface area contributed by atoms with Gasteiger partial charge >= 0.3 is 0 Å². The van der Waals surface area contributed by atoms with E-state index in [9.17, 15) is 13.5 Å². The van der Waals surface area contributed by atoms with E-state index in [1.165, 1.54) is 0 Å². The number of nitrogens with zero attached hydrogens (tertiary/aromatic N) is 2. The molecule has 96 valence electrons. The van der Waals surface area contributed by atoms with E-state index in [1.54, 1.807) is 17.5 Å². The van der Waals surface area contributed by atoms with Crippen LogP contribution in [0.1, 0.15) is 5.01 Å². The van der Waals surface area contributed by atoms with Gasteiger partial charge in [-0.25, -0.2) is 18.1 Å². The van der Waals surface area contributed by atoms with Gasteiger partial charge in [-0.15, -0.1) is 11.3 Å². The minimum Gasteiger partial charge on any atom is -0.390 e. The minimum absolute atomic E-state index is 0.426. The van der Waals surface area contributed by atoms with Crippen molar-refractivity contribution in [3.63, 3.8) is 0 Å². The summed E-state index contributed by atoms with van der Waals surface area (Å²) in [5, 5.41) is 12.6. The van der Waals surface area contributed by atoms with Crippen LogP contribution < -0.4 is 4.72 Å². The first kappa shape index (κ1) is 12.9. The van der Waals surface area contributed by atoms with E-state index in [4.69, 9.17) is 0 Å². The first-order chi connectivity index (χ1) is 7.94. The Labute approximate surface area is 104 Å². The molecule has 1 aliphatic heterocycles. The average molecular weight is 277 g/mol. The molecule has 0 aliphatic carbocycles. The molecule has 1 aliphatic rings.